The van der Waals surface area contributed by atoms with Crippen LogP contribution in [0.25, 0.3) is 32.7 Å². The van der Waals surface area contributed by atoms with Crippen molar-refractivity contribution in [3.63, 3.8) is 0 Å². The van der Waals surface area contributed by atoms with Gasteiger partial charge in [0, 0.05) is 10.4 Å². The van der Waals surface area contributed by atoms with Crippen molar-refractivity contribution >= 4 is 32.7 Å². The molecule has 0 heterocycles. The third-order valence-corrected chi connectivity index (χ3v) is 4.21. The highest BCUT2D eigenvalue weighted by Gasteiger charge is 2.13. The van der Waals surface area contributed by atoms with E-state index in [4.69, 9.17) is 0 Å². The summed E-state index contributed by atoms with van der Waals surface area (Å²) in [6.45, 7) is 1.88. The maximum absolute atomic E-state index is 9.44. The molecule has 114 valence electrons. The molecule has 4 heteroatoms. The molecule has 0 aliphatic carbocycles. The van der Waals surface area contributed by atoms with E-state index in [1.165, 1.54) is 0 Å². The van der Waals surface area contributed by atoms with E-state index in [0.717, 1.165) is 10.9 Å². The molecule has 0 spiro atoms. The van der Waals surface area contributed by atoms with E-state index in [1.807, 2.05) is 61.5 Å². The molecule has 0 fully saturated rings. The highest BCUT2D eigenvalue weighted by atomic mass is 14.3. The number of rotatable bonds is 0. The average Bonchev–Trinajstić information content (AvgIpc) is 2.65. The van der Waals surface area contributed by atoms with Crippen LogP contribution in [0.4, 0.5) is 0 Å². The Hall–Kier alpha value is -4.12. The van der Waals surface area contributed by atoms with Crippen LogP contribution in [0.5, 0.6) is 0 Å². The smallest absolute Gasteiger partial charge is 0.138 e. The van der Waals surface area contributed by atoms with Gasteiger partial charge in [-0.2, -0.15) is 21.0 Å². The highest BCUT2D eigenvalue weighted by Crippen LogP contribution is 2.19. The Morgan fingerprint density at radius 1 is 0.640 bits per heavy atom. The van der Waals surface area contributed by atoms with Crippen molar-refractivity contribution in [3.8, 4) is 24.3 Å². The molecule has 0 aliphatic rings. The zero-order valence-electron chi connectivity index (χ0n) is 13.3. The quantitative estimate of drug-likeness (QED) is 0.595. The van der Waals surface area contributed by atoms with Crippen molar-refractivity contribution in [2.45, 2.75) is 6.92 Å². The number of nitrogens with zero attached hydrogens (tertiary/aromatic N) is 4. The lowest BCUT2D eigenvalue weighted by atomic mass is 9.91. The molecule has 3 rings (SSSR count). The van der Waals surface area contributed by atoms with Gasteiger partial charge < -0.3 is 0 Å². The van der Waals surface area contributed by atoms with E-state index in [-0.39, 0.29) is 11.1 Å². The summed E-state index contributed by atoms with van der Waals surface area (Å²) in [6, 6.07) is 20.6. The molecule has 0 saturated heterocycles. The Kier molecular flexibility index (Phi) is 3.89. The van der Waals surface area contributed by atoms with E-state index in [1.54, 1.807) is 12.1 Å². The predicted octanol–water partition coefficient (Wildman–Crippen LogP) is 2.70. The molecule has 3 aromatic carbocycles. The minimum atomic E-state index is 0.00816. The van der Waals surface area contributed by atoms with Gasteiger partial charge in [0.25, 0.3) is 0 Å². The fourth-order valence-electron chi connectivity index (χ4n) is 3.21. The van der Waals surface area contributed by atoms with Gasteiger partial charge in [-0.15, -0.1) is 0 Å². The monoisotopic (exact) mass is 318 g/mol. The zero-order valence-corrected chi connectivity index (χ0v) is 13.3. The first-order valence-electron chi connectivity index (χ1n) is 7.47. The number of hydrogen-bond donors (Lipinski definition) is 0. The standard InChI is InChI=1S/C21H10N4/c1-13-5-4-8-18-19(13)21(15(11-24)12-25)17-7-3-2-6-16(17)20(18)14(9-22)10-23/h2-8H,1H3. The molecule has 4 nitrogen and oxygen atoms in total. The molecule has 0 unspecified atom stereocenters. The molecule has 0 aliphatic heterocycles. The van der Waals surface area contributed by atoms with Crippen LogP contribution in [0.15, 0.2) is 42.5 Å². The third kappa shape index (κ3) is 2.27. The Morgan fingerprint density at radius 2 is 1.12 bits per heavy atom. The third-order valence-electron chi connectivity index (χ3n) is 4.21. The van der Waals surface area contributed by atoms with E-state index >= 15 is 0 Å². The molecule has 3 aromatic rings. The topological polar surface area (TPSA) is 95.2 Å². The molecule has 0 atom stereocenters. The molecule has 0 bridgehead atoms. The van der Waals surface area contributed by atoms with Crippen LogP contribution in [0.3, 0.4) is 0 Å². The van der Waals surface area contributed by atoms with Gasteiger partial charge in [0.15, 0.2) is 0 Å². The Morgan fingerprint density at radius 3 is 1.68 bits per heavy atom. The van der Waals surface area contributed by atoms with E-state index < -0.39 is 0 Å². The first-order valence-corrected chi connectivity index (χ1v) is 7.47. The normalized spacial score (nSPS) is 9.64. The minimum Gasteiger partial charge on any atom is -0.192 e. The van der Waals surface area contributed by atoms with Crippen LogP contribution in [-0.4, -0.2) is 0 Å². The zero-order chi connectivity index (χ0) is 18.0. The molecule has 0 N–H and O–H groups in total. The second-order valence-electron chi connectivity index (χ2n) is 5.49. The van der Waals surface area contributed by atoms with Crippen molar-refractivity contribution in [1.82, 2.24) is 0 Å². The van der Waals surface area contributed by atoms with Crippen LogP contribution >= 0.6 is 0 Å². The molecule has 0 aromatic heterocycles. The summed E-state index contributed by atoms with van der Waals surface area (Å²) >= 11 is 0. The summed E-state index contributed by atoms with van der Waals surface area (Å²) in [5.41, 5.74) is 0.893. The van der Waals surface area contributed by atoms with Crippen molar-refractivity contribution in [2.24, 2.45) is 0 Å². The second kappa shape index (κ2) is 6.17. The van der Waals surface area contributed by atoms with E-state index in [2.05, 4.69) is 0 Å². The van der Waals surface area contributed by atoms with Gasteiger partial charge in [-0.1, -0.05) is 42.5 Å². The van der Waals surface area contributed by atoms with E-state index in [9.17, 15) is 21.0 Å². The minimum absolute atomic E-state index is 0.00816. The van der Waals surface area contributed by atoms with Crippen molar-refractivity contribution < 1.29 is 0 Å². The highest BCUT2D eigenvalue weighted by molar-refractivity contribution is 6.06. The SMILES string of the molecule is Cc1cccc2c(=C(C#N)C#N)c3ccccc3c(=C(C#N)C#N)c12. The van der Waals surface area contributed by atoms with Crippen molar-refractivity contribution in [1.29, 1.82) is 21.0 Å². The molecule has 0 saturated carbocycles. The summed E-state index contributed by atoms with van der Waals surface area (Å²) in [5.74, 6) is 0. The number of hydrogen-bond acceptors (Lipinski definition) is 4. The van der Waals surface area contributed by atoms with Crippen LogP contribution in [0.1, 0.15) is 5.56 Å². The number of benzene rings is 3. The summed E-state index contributed by atoms with van der Waals surface area (Å²) in [6.07, 6.45) is 0. The maximum atomic E-state index is 9.44. The Bertz CT molecular complexity index is 1300. The molecule has 0 amide bonds. The van der Waals surface area contributed by atoms with Gasteiger partial charge in [0.1, 0.15) is 35.4 Å². The van der Waals surface area contributed by atoms with Crippen LogP contribution < -0.4 is 10.4 Å². The average molecular weight is 318 g/mol. The van der Waals surface area contributed by atoms with Gasteiger partial charge in [-0.05, 0) is 34.0 Å². The summed E-state index contributed by atoms with van der Waals surface area (Å²) in [4.78, 5) is 0. The van der Waals surface area contributed by atoms with Gasteiger partial charge in [0.05, 0.1) is 0 Å². The molecule has 25 heavy (non-hydrogen) atoms. The second-order valence-corrected chi connectivity index (χ2v) is 5.49. The van der Waals surface area contributed by atoms with E-state index in [0.29, 0.717) is 26.6 Å². The van der Waals surface area contributed by atoms with Gasteiger partial charge in [-0.25, -0.2) is 0 Å². The number of fused-ring (bicyclic) bond motifs is 2. The molecular formula is C21H10N4. The lowest BCUT2D eigenvalue weighted by Crippen LogP contribution is -2.19. The van der Waals surface area contributed by atoms with Gasteiger partial charge in [-0.3, -0.25) is 0 Å². The van der Waals surface area contributed by atoms with Crippen LogP contribution in [0, 0.1) is 52.2 Å². The lowest BCUT2D eigenvalue weighted by Gasteiger charge is -2.10. The molecule has 0 radical (unpaired) electrons. The number of nitriles is 4. The summed E-state index contributed by atoms with van der Waals surface area (Å²) in [7, 11) is 0. The summed E-state index contributed by atoms with van der Waals surface area (Å²) in [5, 5.41) is 41.6. The predicted molar refractivity (Wildman–Crippen MR) is 94.7 cm³/mol. The first-order chi connectivity index (χ1) is 12.2. The van der Waals surface area contributed by atoms with Crippen LogP contribution in [-0.2, 0) is 0 Å². The lowest BCUT2D eigenvalue weighted by molar-refractivity contribution is 1.48. The first kappa shape index (κ1) is 15.8. The summed E-state index contributed by atoms with van der Waals surface area (Å²) < 4.78 is 0. The van der Waals surface area contributed by atoms with Crippen molar-refractivity contribution in [3.05, 3.63) is 58.5 Å². The van der Waals surface area contributed by atoms with Gasteiger partial charge >= 0.3 is 0 Å². The fourth-order valence-corrected chi connectivity index (χ4v) is 3.21. The van der Waals surface area contributed by atoms with Gasteiger partial charge in [0.2, 0.25) is 0 Å². The Balaban J connectivity index is 3.00. The van der Waals surface area contributed by atoms with Crippen LogP contribution in [0.2, 0.25) is 0 Å². The molecular weight excluding hydrogens is 308 g/mol. The fraction of sp³-hybridized carbons (Fsp3) is 0.0476. The maximum Gasteiger partial charge on any atom is 0.138 e. The number of aryl methyl sites for hydroxylation is 1. The largest absolute Gasteiger partial charge is 0.192 e. The van der Waals surface area contributed by atoms with Crippen molar-refractivity contribution in [2.75, 3.05) is 0 Å². The Labute approximate surface area is 144 Å².